The molecule has 0 saturated carbocycles. The number of hydrazone groups is 2. The molecule has 9 nitrogen and oxygen atoms in total. The van der Waals surface area contributed by atoms with Gasteiger partial charge in [0.25, 0.3) is 0 Å². The first-order chi connectivity index (χ1) is 21.3. The van der Waals surface area contributed by atoms with Gasteiger partial charge in [0.05, 0.1) is 63.4 Å². The first-order valence-electron chi connectivity index (χ1n) is 14.2. The molecule has 0 bridgehead atoms. The van der Waals surface area contributed by atoms with Crippen molar-refractivity contribution in [3.05, 3.63) is 120 Å². The SMILES string of the molecule is C(=NNc1ccccc1)c1ccc(OCCOCCOCCOCCOc2ccc(C=NNc3ccccc3)cc2)cc1. The monoisotopic (exact) mass is 582 g/mol. The van der Waals surface area contributed by atoms with Crippen LogP contribution in [-0.2, 0) is 14.2 Å². The van der Waals surface area contributed by atoms with E-state index in [9.17, 15) is 0 Å². The van der Waals surface area contributed by atoms with E-state index in [1.54, 1.807) is 12.4 Å². The standard InChI is InChI=1S/C34H38N4O5/c1-3-7-31(8-4-1)37-35-27-29-11-15-33(16-12-29)42-25-23-40-21-19-39-20-22-41-24-26-43-34-17-13-30(14-18-34)28-36-38-32-9-5-2-6-10-32/h1-18,27-28,37-38H,19-26H2. The summed E-state index contributed by atoms with van der Waals surface area (Å²) in [5.41, 5.74) is 9.83. The molecule has 9 heteroatoms. The molecule has 2 N–H and O–H groups in total. The quantitative estimate of drug-likeness (QED) is 0.0740. The lowest BCUT2D eigenvalue weighted by Gasteiger charge is -2.09. The van der Waals surface area contributed by atoms with E-state index < -0.39 is 0 Å². The van der Waals surface area contributed by atoms with Crippen LogP contribution in [0.25, 0.3) is 0 Å². The molecule has 0 aliphatic rings. The lowest BCUT2D eigenvalue weighted by atomic mass is 10.2. The molecule has 4 aromatic carbocycles. The predicted octanol–water partition coefficient (Wildman–Crippen LogP) is 6.09. The normalized spacial score (nSPS) is 11.2. The summed E-state index contributed by atoms with van der Waals surface area (Å²) < 4.78 is 28.1. The number of rotatable bonds is 20. The number of nitrogens with zero attached hydrogens (tertiary/aromatic N) is 2. The second-order valence-electron chi connectivity index (χ2n) is 9.14. The first kappa shape index (κ1) is 31.2. The van der Waals surface area contributed by atoms with E-state index in [1.165, 1.54) is 0 Å². The Morgan fingerprint density at radius 2 is 0.767 bits per heavy atom. The van der Waals surface area contributed by atoms with Crippen molar-refractivity contribution in [2.24, 2.45) is 10.2 Å². The van der Waals surface area contributed by atoms with Crippen molar-refractivity contribution in [2.45, 2.75) is 0 Å². The number of hydrogen-bond donors (Lipinski definition) is 2. The van der Waals surface area contributed by atoms with E-state index in [0.717, 1.165) is 34.0 Å². The highest BCUT2D eigenvalue weighted by Crippen LogP contribution is 2.13. The maximum atomic E-state index is 5.72. The molecule has 0 spiro atoms. The summed E-state index contributed by atoms with van der Waals surface area (Å²) >= 11 is 0. The van der Waals surface area contributed by atoms with Gasteiger partial charge in [-0.2, -0.15) is 10.2 Å². The zero-order valence-electron chi connectivity index (χ0n) is 24.1. The Balaban J connectivity index is 0.932. The topological polar surface area (TPSA) is 94.9 Å². The molecular formula is C34H38N4O5. The third kappa shape index (κ3) is 13.2. The van der Waals surface area contributed by atoms with E-state index in [-0.39, 0.29) is 0 Å². The van der Waals surface area contributed by atoms with Gasteiger partial charge >= 0.3 is 0 Å². The Labute approximate surface area is 253 Å². The highest BCUT2D eigenvalue weighted by Gasteiger charge is 1.98. The van der Waals surface area contributed by atoms with Crippen LogP contribution in [0.3, 0.4) is 0 Å². The summed E-state index contributed by atoms with van der Waals surface area (Å²) in [6.07, 6.45) is 3.53. The molecule has 0 fully saturated rings. The van der Waals surface area contributed by atoms with Crippen LogP contribution in [0.2, 0.25) is 0 Å². The molecule has 224 valence electrons. The number of ether oxygens (including phenoxy) is 5. The molecule has 4 rings (SSSR count). The van der Waals surface area contributed by atoms with Crippen LogP contribution in [0.1, 0.15) is 11.1 Å². The Morgan fingerprint density at radius 1 is 0.419 bits per heavy atom. The minimum Gasteiger partial charge on any atom is -0.491 e. The molecule has 0 unspecified atom stereocenters. The van der Waals surface area contributed by atoms with E-state index in [1.807, 2.05) is 109 Å². The zero-order valence-corrected chi connectivity index (χ0v) is 24.1. The minimum atomic E-state index is 0.466. The van der Waals surface area contributed by atoms with Gasteiger partial charge in [0.1, 0.15) is 24.7 Å². The highest BCUT2D eigenvalue weighted by atomic mass is 16.6. The summed E-state index contributed by atoms with van der Waals surface area (Å²) in [5.74, 6) is 1.57. The number of hydrogen-bond acceptors (Lipinski definition) is 9. The maximum Gasteiger partial charge on any atom is 0.119 e. The molecule has 4 aromatic rings. The average molecular weight is 583 g/mol. The van der Waals surface area contributed by atoms with Gasteiger partial charge in [-0.05, 0) is 83.9 Å². The van der Waals surface area contributed by atoms with E-state index >= 15 is 0 Å². The van der Waals surface area contributed by atoms with Crippen LogP contribution in [0, 0.1) is 0 Å². The number of anilines is 2. The van der Waals surface area contributed by atoms with Crippen LogP contribution in [0.15, 0.2) is 119 Å². The van der Waals surface area contributed by atoms with Crippen molar-refractivity contribution in [3.8, 4) is 11.5 Å². The number of para-hydroxylation sites is 2. The van der Waals surface area contributed by atoms with E-state index in [2.05, 4.69) is 21.1 Å². The second-order valence-corrected chi connectivity index (χ2v) is 9.14. The molecule has 0 atom stereocenters. The first-order valence-corrected chi connectivity index (χ1v) is 14.2. The molecule has 0 aromatic heterocycles. The second kappa shape index (κ2) is 19.4. The smallest absolute Gasteiger partial charge is 0.119 e. The van der Waals surface area contributed by atoms with Crippen LogP contribution >= 0.6 is 0 Å². The third-order valence-corrected chi connectivity index (χ3v) is 5.86. The fraction of sp³-hybridized carbons (Fsp3) is 0.235. The van der Waals surface area contributed by atoms with Gasteiger partial charge in [0.2, 0.25) is 0 Å². The highest BCUT2D eigenvalue weighted by molar-refractivity contribution is 5.81. The minimum absolute atomic E-state index is 0.466. The van der Waals surface area contributed by atoms with Crippen LogP contribution in [0.4, 0.5) is 11.4 Å². The molecule has 0 aliphatic carbocycles. The molecule has 0 aliphatic heterocycles. The largest absolute Gasteiger partial charge is 0.491 e. The van der Waals surface area contributed by atoms with Gasteiger partial charge in [-0.3, -0.25) is 10.9 Å². The van der Waals surface area contributed by atoms with E-state index in [4.69, 9.17) is 23.7 Å². The molecule has 0 amide bonds. The Hall–Kier alpha value is -4.70. The van der Waals surface area contributed by atoms with Crippen molar-refractivity contribution in [1.29, 1.82) is 0 Å². The summed E-state index contributed by atoms with van der Waals surface area (Å²) in [6.45, 7) is 3.91. The van der Waals surface area contributed by atoms with Crippen molar-refractivity contribution in [2.75, 3.05) is 63.7 Å². The number of nitrogens with one attached hydrogen (secondary N) is 2. The van der Waals surface area contributed by atoms with Gasteiger partial charge in [-0.15, -0.1) is 0 Å². The van der Waals surface area contributed by atoms with Crippen molar-refractivity contribution in [3.63, 3.8) is 0 Å². The van der Waals surface area contributed by atoms with Gasteiger partial charge in [-0.1, -0.05) is 36.4 Å². The van der Waals surface area contributed by atoms with Gasteiger partial charge in [0.15, 0.2) is 0 Å². The summed E-state index contributed by atoms with van der Waals surface area (Å²) in [7, 11) is 0. The predicted molar refractivity (Wildman–Crippen MR) is 172 cm³/mol. The maximum absolute atomic E-state index is 5.72. The van der Waals surface area contributed by atoms with Crippen LogP contribution in [0.5, 0.6) is 11.5 Å². The van der Waals surface area contributed by atoms with Crippen LogP contribution in [-0.4, -0.2) is 65.3 Å². The lowest BCUT2D eigenvalue weighted by Crippen LogP contribution is -2.14. The summed E-state index contributed by atoms with van der Waals surface area (Å²) in [5, 5.41) is 8.48. The van der Waals surface area contributed by atoms with Gasteiger partial charge in [-0.25, -0.2) is 0 Å². The van der Waals surface area contributed by atoms with Crippen LogP contribution < -0.4 is 20.3 Å². The molecular weight excluding hydrogens is 544 g/mol. The Bertz CT molecular complexity index is 1230. The average Bonchev–Trinajstić information content (AvgIpc) is 3.05. The number of benzene rings is 4. The summed E-state index contributed by atoms with van der Waals surface area (Å²) in [4.78, 5) is 0. The zero-order chi connectivity index (χ0) is 29.6. The Kier molecular flexibility index (Phi) is 14.1. The molecule has 0 saturated heterocycles. The van der Waals surface area contributed by atoms with Crippen molar-refractivity contribution < 1.29 is 23.7 Å². The van der Waals surface area contributed by atoms with Crippen molar-refractivity contribution in [1.82, 2.24) is 0 Å². The van der Waals surface area contributed by atoms with Gasteiger partial charge in [0, 0.05) is 0 Å². The fourth-order valence-corrected chi connectivity index (χ4v) is 3.67. The lowest BCUT2D eigenvalue weighted by molar-refractivity contribution is 0.00499. The third-order valence-electron chi connectivity index (χ3n) is 5.86. The summed E-state index contributed by atoms with van der Waals surface area (Å²) in [6, 6.07) is 35.1. The van der Waals surface area contributed by atoms with Crippen molar-refractivity contribution >= 4 is 23.8 Å². The fourth-order valence-electron chi connectivity index (χ4n) is 3.67. The molecule has 0 heterocycles. The van der Waals surface area contributed by atoms with E-state index in [0.29, 0.717) is 52.9 Å². The Morgan fingerprint density at radius 3 is 1.14 bits per heavy atom. The molecule has 0 radical (unpaired) electrons. The molecule has 43 heavy (non-hydrogen) atoms. The van der Waals surface area contributed by atoms with Gasteiger partial charge < -0.3 is 23.7 Å².